The number of β-amino-alcohol motifs (C(OH)–C–C–N with tert-alkyl or cyclic N) is 1. The molecule has 8 nitrogen and oxygen atoms in total. The van der Waals surface area contributed by atoms with Crippen molar-refractivity contribution in [2.45, 2.75) is 39.0 Å². The van der Waals surface area contributed by atoms with Gasteiger partial charge in [0.15, 0.2) is 18.1 Å². The first-order valence-corrected chi connectivity index (χ1v) is 8.01. The maximum Gasteiger partial charge on any atom is 0.354 e. The maximum atomic E-state index is 10.0. The van der Waals surface area contributed by atoms with Crippen LogP contribution in [0.5, 0.6) is 17.5 Å². The molecule has 0 saturated carbocycles. The zero-order valence-corrected chi connectivity index (χ0v) is 15.0. The lowest BCUT2D eigenvalue weighted by molar-refractivity contribution is 0.0973. The molecule has 1 aromatic carbocycles. The van der Waals surface area contributed by atoms with Crippen molar-refractivity contribution in [1.82, 2.24) is 15.5 Å². The lowest BCUT2D eigenvalue weighted by Crippen LogP contribution is -2.42. The third kappa shape index (κ3) is 6.60. The predicted octanol–water partition coefficient (Wildman–Crippen LogP) is 1.78. The van der Waals surface area contributed by atoms with Crippen molar-refractivity contribution in [2.75, 3.05) is 20.3 Å². The summed E-state index contributed by atoms with van der Waals surface area (Å²) in [4.78, 5) is 3.98. The molecule has 2 N–H and O–H groups in total. The van der Waals surface area contributed by atoms with Crippen LogP contribution >= 0.6 is 0 Å². The SMILES string of the molecule is COc1noc(COc2ccccc2OC[C@@H](O)CNC(C)(C)C)n1. The van der Waals surface area contributed by atoms with E-state index < -0.39 is 6.10 Å². The van der Waals surface area contributed by atoms with E-state index in [9.17, 15) is 5.11 Å². The van der Waals surface area contributed by atoms with Gasteiger partial charge in [0.25, 0.3) is 5.89 Å². The molecule has 0 bridgehead atoms. The molecule has 0 amide bonds. The van der Waals surface area contributed by atoms with E-state index in [-0.39, 0.29) is 24.8 Å². The monoisotopic (exact) mass is 351 g/mol. The fourth-order valence-corrected chi connectivity index (χ4v) is 1.88. The Labute approximate surface area is 147 Å². The second-order valence-electron chi connectivity index (χ2n) is 6.51. The number of rotatable bonds is 9. The lowest BCUT2D eigenvalue weighted by Gasteiger charge is -2.23. The summed E-state index contributed by atoms with van der Waals surface area (Å²) in [5.41, 5.74) is -0.0624. The number of aliphatic hydroxyl groups excluding tert-OH is 1. The van der Waals surface area contributed by atoms with Crippen molar-refractivity contribution in [3.8, 4) is 17.5 Å². The number of benzene rings is 1. The Balaban J connectivity index is 1.87. The van der Waals surface area contributed by atoms with E-state index in [1.165, 1.54) is 7.11 Å². The Hall–Kier alpha value is -2.32. The van der Waals surface area contributed by atoms with E-state index in [1.807, 2.05) is 32.9 Å². The van der Waals surface area contributed by atoms with Gasteiger partial charge >= 0.3 is 6.01 Å². The quantitative estimate of drug-likeness (QED) is 0.705. The summed E-state index contributed by atoms with van der Waals surface area (Å²) in [7, 11) is 1.46. The van der Waals surface area contributed by atoms with Gasteiger partial charge in [0.05, 0.1) is 7.11 Å². The van der Waals surface area contributed by atoms with Gasteiger partial charge in [-0.3, -0.25) is 0 Å². The number of methoxy groups -OCH3 is 1. The Morgan fingerprint density at radius 3 is 2.48 bits per heavy atom. The smallest absolute Gasteiger partial charge is 0.354 e. The third-order valence-corrected chi connectivity index (χ3v) is 3.13. The molecule has 0 radical (unpaired) electrons. The highest BCUT2D eigenvalue weighted by molar-refractivity contribution is 5.39. The number of para-hydroxylation sites is 2. The second kappa shape index (κ2) is 8.68. The minimum atomic E-state index is -0.632. The molecular formula is C17H25N3O5. The summed E-state index contributed by atoms with van der Waals surface area (Å²) >= 11 is 0. The molecule has 0 unspecified atom stereocenters. The maximum absolute atomic E-state index is 10.0. The van der Waals surface area contributed by atoms with Crippen LogP contribution in [0, 0.1) is 0 Å². The van der Waals surface area contributed by atoms with Crippen LogP contribution in [0.25, 0.3) is 0 Å². The second-order valence-corrected chi connectivity index (χ2v) is 6.51. The molecule has 2 rings (SSSR count). The van der Waals surface area contributed by atoms with Crippen LogP contribution in [0.2, 0.25) is 0 Å². The topological polar surface area (TPSA) is 98.9 Å². The number of hydrogen-bond donors (Lipinski definition) is 2. The first-order valence-electron chi connectivity index (χ1n) is 8.01. The highest BCUT2D eigenvalue weighted by atomic mass is 16.6. The Morgan fingerprint density at radius 2 is 1.88 bits per heavy atom. The van der Waals surface area contributed by atoms with Gasteiger partial charge in [-0.05, 0) is 38.1 Å². The summed E-state index contributed by atoms with van der Waals surface area (Å²) < 4.78 is 21.2. The van der Waals surface area contributed by atoms with E-state index in [0.717, 1.165) is 0 Å². The summed E-state index contributed by atoms with van der Waals surface area (Å²) in [6.07, 6.45) is -0.632. The van der Waals surface area contributed by atoms with Crippen molar-refractivity contribution >= 4 is 0 Å². The first kappa shape index (κ1) is 19.0. The van der Waals surface area contributed by atoms with Crippen molar-refractivity contribution in [2.24, 2.45) is 0 Å². The largest absolute Gasteiger partial charge is 0.487 e. The van der Waals surface area contributed by atoms with Crippen LogP contribution in [0.3, 0.4) is 0 Å². The lowest BCUT2D eigenvalue weighted by atomic mass is 10.1. The number of ether oxygens (including phenoxy) is 3. The third-order valence-electron chi connectivity index (χ3n) is 3.13. The zero-order chi connectivity index (χ0) is 18.3. The van der Waals surface area contributed by atoms with Gasteiger partial charge in [0, 0.05) is 12.1 Å². The van der Waals surface area contributed by atoms with Gasteiger partial charge < -0.3 is 29.2 Å². The minimum absolute atomic E-state index is 0.0624. The van der Waals surface area contributed by atoms with Crippen LogP contribution in [0.1, 0.15) is 26.7 Å². The molecule has 25 heavy (non-hydrogen) atoms. The van der Waals surface area contributed by atoms with Gasteiger partial charge in [-0.1, -0.05) is 12.1 Å². The van der Waals surface area contributed by atoms with Gasteiger partial charge in [-0.15, -0.1) is 0 Å². The normalized spacial score (nSPS) is 12.7. The number of aromatic nitrogens is 2. The van der Waals surface area contributed by atoms with Crippen LogP contribution in [0.4, 0.5) is 0 Å². The van der Waals surface area contributed by atoms with E-state index in [1.54, 1.807) is 12.1 Å². The molecule has 0 saturated heterocycles. The number of nitrogens with zero attached hydrogens (tertiary/aromatic N) is 2. The van der Waals surface area contributed by atoms with Gasteiger partial charge in [-0.2, -0.15) is 4.98 Å². The average molecular weight is 351 g/mol. The van der Waals surface area contributed by atoms with E-state index in [0.29, 0.717) is 23.9 Å². The zero-order valence-electron chi connectivity index (χ0n) is 15.0. The predicted molar refractivity (Wildman–Crippen MR) is 90.9 cm³/mol. The number of hydrogen-bond acceptors (Lipinski definition) is 8. The molecular weight excluding hydrogens is 326 g/mol. The summed E-state index contributed by atoms with van der Waals surface area (Å²) in [5.74, 6) is 1.35. The van der Waals surface area contributed by atoms with Crippen molar-refractivity contribution in [3.63, 3.8) is 0 Å². The molecule has 1 aromatic heterocycles. The summed E-state index contributed by atoms with van der Waals surface area (Å²) in [6.45, 7) is 6.79. The molecule has 0 spiro atoms. The number of aliphatic hydroxyl groups is 1. The van der Waals surface area contributed by atoms with Gasteiger partial charge in [0.2, 0.25) is 0 Å². The highest BCUT2D eigenvalue weighted by Crippen LogP contribution is 2.27. The fourth-order valence-electron chi connectivity index (χ4n) is 1.88. The van der Waals surface area contributed by atoms with Crippen LogP contribution in [0.15, 0.2) is 28.8 Å². The molecule has 2 aromatic rings. The molecule has 1 heterocycles. The fraction of sp³-hybridized carbons (Fsp3) is 0.529. The van der Waals surface area contributed by atoms with Crippen molar-refractivity contribution < 1.29 is 23.8 Å². The van der Waals surface area contributed by atoms with Crippen molar-refractivity contribution in [1.29, 1.82) is 0 Å². The molecule has 8 heteroatoms. The molecule has 1 atom stereocenters. The molecule has 0 aliphatic rings. The standard InChI is InChI=1S/C17H25N3O5/c1-17(2,3)18-9-12(21)10-23-13-7-5-6-8-14(13)24-11-15-19-16(22-4)20-25-15/h5-8,12,18,21H,9-11H2,1-4H3/t12-/m0/s1. The van der Waals surface area contributed by atoms with Crippen LogP contribution in [-0.2, 0) is 6.61 Å². The van der Waals surface area contributed by atoms with Gasteiger partial charge in [-0.25, -0.2) is 0 Å². The van der Waals surface area contributed by atoms with E-state index >= 15 is 0 Å². The molecule has 0 aliphatic carbocycles. The Bertz CT molecular complexity index is 654. The van der Waals surface area contributed by atoms with E-state index in [2.05, 4.69) is 15.5 Å². The number of nitrogens with one attached hydrogen (secondary N) is 1. The molecule has 0 aliphatic heterocycles. The Morgan fingerprint density at radius 1 is 1.20 bits per heavy atom. The Kier molecular flexibility index (Phi) is 6.60. The summed E-state index contributed by atoms with van der Waals surface area (Å²) in [6, 6.07) is 7.35. The van der Waals surface area contributed by atoms with Crippen LogP contribution in [-0.4, -0.2) is 47.2 Å². The van der Waals surface area contributed by atoms with Crippen molar-refractivity contribution in [3.05, 3.63) is 30.2 Å². The first-order chi connectivity index (χ1) is 11.9. The van der Waals surface area contributed by atoms with Gasteiger partial charge in [0.1, 0.15) is 12.7 Å². The average Bonchev–Trinajstić information content (AvgIpc) is 3.04. The van der Waals surface area contributed by atoms with E-state index in [4.69, 9.17) is 18.7 Å². The summed E-state index contributed by atoms with van der Waals surface area (Å²) in [5, 5.41) is 16.9. The minimum Gasteiger partial charge on any atom is -0.487 e. The molecule has 0 fully saturated rings. The molecule has 138 valence electrons. The van der Waals surface area contributed by atoms with Crippen LogP contribution < -0.4 is 19.5 Å². The highest BCUT2D eigenvalue weighted by Gasteiger charge is 2.14.